The van der Waals surface area contributed by atoms with Gasteiger partial charge in [0.05, 0.1) is 27.9 Å². The van der Waals surface area contributed by atoms with Crippen LogP contribution in [0.1, 0.15) is 75.8 Å². The third-order valence-electron chi connectivity index (χ3n) is 7.40. The molecule has 1 aliphatic heterocycles. The summed E-state index contributed by atoms with van der Waals surface area (Å²) in [6, 6.07) is 6.71. The molecule has 0 spiro atoms. The van der Waals surface area contributed by atoms with Crippen LogP contribution in [0.2, 0.25) is 0 Å². The minimum absolute atomic E-state index is 0.00946. The van der Waals surface area contributed by atoms with Gasteiger partial charge >= 0.3 is 6.09 Å². The normalized spacial score (nSPS) is 24.0. The summed E-state index contributed by atoms with van der Waals surface area (Å²) in [5.74, 6) is -0.512. The van der Waals surface area contributed by atoms with E-state index >= 15 is 4.39 Å². The highest BCUT2D eigenvalue weighted by atomic mass is 32.1. The maximum Gasteiger partial charge on any atom is 0.411 e. The van der Waals surface area contributed by atoms with Gasteiger partial charge in [-0.05, 0) is 82.4 Å². The predicted molar refractivity (Wildman–Crippen MR) is 135 cm³/mol. The van der Waals surface area contributed by atoms with Crippen LogP contribution in [0.4, 0.5) is 9.18 Å². The summed E-state index contributed by atoms with van der Waals surface area (Å²) < 4.78 is 20.6. The van der Waals surface area contributed by atoms with Crippen molar-refractivity contribution in [2.75, 3.05) is 0 Å². The standard InChI is InChI=1S/C28H32FN3O3S/c1-28(2,3)35-27(34)32-21-9-8-20(12-21)25(32)23(33)11-16(14-30)10-18-6-7-19(13-22(18)29)24-15-31-26(36-24)17-4-5-17/h6-7,13,15-17,20-21,25H,4-5,8-12H2,1-3H3/t16-,20+,21-,25+/m1/s1. The zero-order valence-corrected chi connectivity index (χ0v) is 21.8. The second-order valence-electron chi connectivity index (χ2n) is 11.4. The number of rotatable bonds is 7. The zero-order valence-electron chi connectivity index (χ0n) is 21.0. The molecule has 3 aliphatic rings. The molecule has 6 nitrogen and oxygen atoms in total. The SMILES string of the molecule is CC(C)(C)OC(=O)N1[C@@H]2CC[C@@H](C2)[C@H]1C(=O)C[C@H](C#N)Cc1ccc(-c2cnc(C3CC3)s2)cc1F. The van der Waals surface area contributed by atoms with E-state index in [9.17, 15) is 14.9 Å². The lowest BCUT2D eigenvalue weighted by atomic mass is 9.87. The molecule has 1 amide bonds. The zero-order chi connectivity index (χ0) is 25.6. The Morgan fingerprint density at radius 2 is 2.06 bits per heavy atom. The predicted octanol–water partition coefficient (Wildman–Crippen LogP) is 6.26. The van der Waals surface area contributed by atoms with Crippen molar-refractivity contribution in [1.29, 1.82) is 5.26 Å². The quantitative estimate of drug-likeness (QED) is 0.440. The van der Waals surface area contributed by atoms with Gasteiger partial charge in [0.2, 0.25) is 0 Å². The van der Waals surface area contributed by atoms with E-state index in [2.05, 4.69) is 11.1 Å². The van der Waals surface area contributed by atoms with Crippen LogP contribution in [0.25, 0.3) is 10.4 Å². The van der Waals surface area contributed by atoms with Crippen molar-refractivity contribution in [3.05, 3.63) is 40.8 Å². The number of carbonyl (C=O) groups is 2. The number of hydrogen-bond donors (Lipinski definition) is 0. The molecule has 0 radical (unpaired) electrons. The fourth-order valence-corrected chi connectivity index (χ4v) is 6.66. The Morgan fingerprint density at radius 3 is 2.72 bits per heavy atom. The lowest BCUT2D eigenvalue weighted by Crippen LogP contribution is -2.51. The molecule has 2 aliphatic carbocycles. The number of ketones is 1. The molecular weight excluding hydrogens is 477 g/mol. The van der Waals surface area contributed by atoms with Crippen molar-refractivity contribution in [3.63, 3.8) is 0 Å². The van der Waals surface area contributed by atoms with Crippen molar-refractivity contribution in [3.8, 4) is 16.5 Å². The minimum atomic E-state index is -0.665. The monoisotopic (exact) mass is 509 g/mol. The summed E-state index contributed by atoms with van der Waals surface area (Å²) in [5.41, 5.74) is 0.548. The minimum Gasteiger partial charge on any atom is -0.444 e. The number of hydrogen-bond acceptors (Lipinski definition) is 6. The molecule has 1 saturated heterocycles. The first kappa shape index (κ1) is 24.9. The number of aromatic nitrogens is 1. The smallest absolute Gasteiger partial charge is 0.411 e. The molecule has 1 aromatic carbocycles. The maximum absolute atomic E-state index is 15.0. The van der Waals surface area contributed by atoms with E-state index in [4.69, 9.17) is 4.74 Å². The molecule has 36 heavy (non-hydrogen) atoms. The van der Waals surface area contributed by atoms with E-state index in [0.29, 0.717) is 11.5 Å². The molecule has 2 aromatic rings. The summed E-state index contributed by atoms with van der Waals surface area (Å²) in [5, 5.41) is 10.9. The first-order valence-corrected chi connectivity index (χ1v) is 13.6. The van der Waals surface area contributed by atoms with Crippen molar-refractivity contribution in [2.24, 2.45) is 11.8 Å². The van der Waals surface area contributed by atoms with Crippen LogP contribution in [-0.2, 0) is 16.0 Å². The summed E-state index contributed by atoms with van der Waals surface area (Å²) >= 11 is 1.61. The van der Waals surface area contributed by atoms with Crippen LogP contribution in [-0.4, -0.2) is 39.4 Å². The first-order chi connectivity index (χ1) is 17.1. The highest BCUT2D eigenvalue weighted by Gasteiger charge is 2.52. The average Bonchev–Trinajstić information content (AvgIpc) is 3.22. The van der Waals surface area contributed by atoms with E-state index < -0.39 is 23.7 Å². The number of Topliss-reactive ketones (excluding diaryl/α,β-unsaturated/α-hetero) is 1. The summed E-state index contributed by atoms with van der Waals surface area (Å²) in [6.07, 6.45) is 6.39. The van der Waals surface area contributed by atoms with Crippen LogP contribution in [0.5, 0.6) is 0 Å². The highest BCUT2D eigenvalue weighted by Crippen LogP contribution is 2.45. The Morgan fingerprint density at radius 1 is 1.28 bits per heavy atom. The second kappa shape index (κ2) is 9.59. The number of amides is 1. The van der Waals surface area contributed by atoms with Crippen molar-refractivity contribution < 1.29 is 18.7 Å². The van der Waals surface area contributed by atoms with Crippen LogP contribution in [0, 0.1) is 29.0 Å². The third kappa shape index (κ3) is 5.17. The lowest BCUT2D eigenvalue weighted by molar-refractivity contribution is -0.126. The number of ether oxygens (including phenoxy) is 1. The molecule has 0 unspecified atom stereocenters. The molecule has 5 rings (SSSR count). The van der Waals surface area contributed by atoms with Crippen LogP contribution >= 0.6 is 11.3 Å². The molecule has 2 saturated carbocycles. The van der Waals surface area contributed by atoms with E-state index in [1.54, 1.807) is 28.5 Å². The van der Waals surface area contributed by atoms with E-state index in [1.165, 1.54) is 18.9 Å². The second-order valence-corrected chi connectivity index (χ2v) is 12.5. The summed E-state index contributed by atoms with van der Waals surface area (Å²) in [7, 11) is 0. The van der Waals surface area contributed by atoms with Crippen LogP contribution < -0.4 is 0 Å². The van der Waals surface area contributed by atoms with Crippen LogP contribution in [0.3, 0.4) is 0 Å². The van der Waals surface area contributed by atoms with E-state index in [0.717, 1.165) is 34.7 Å². The van der Waals surface area contributed by atoms with Gasteiger partial charge in [-0.2, -0.15) is 5.26 Å². The molecule has 4 atom stereocenters. The fraction of sp³-hybridized carbons (Fsp3) is 0.571. The van der Waals surface area contributed by atoms with Gasteiger partial charge in [0.15, 0.2) is 5.78 Å². The number of thiazole rings is 1. The Kier molecular flexibility index (Phi) is 6.63. The maximum atomic E-state index is 15.0. The number of nitriles is 1. The number of likely N-dealkylation sites (tertiary alicyclic amines) is 1. The molecule has 8 heteroatoms. The largest absolute Gasteiger partial charge is 0.444 e. The summed E-state index contributed by atoms with van der Waals surface area (Å²) in [4.78, 5) is 33.3. The van der Waals surface area contributed by atoms with Crippen molar-refractivity contribution >= 4 is 23.2 Å². The topological polar surface area (TPSA) is 83.3 Å². The van der Waals surface area contributed by atoms with Gasteiger partial charge < -0.3 is 4.74 Å². The van der Waals surface area contributed by atoms with Crippen molar-refractivity contribution in [2.45, 2.75) is 89.3 Å². The molecule has 2 bridgehead atoms. The fourth-order valence-electron chi connectivity index (χ4n) is 5.58. The van der Waals surface area contributed by atoms with Gasteiger partial charge in [0, 0.05) is 24.6 Å². The van der Waals surface area contributed by atoms with Gasteiger partial charge in [-0.25, -0.2) is 14.2 Å². The number of fused-ring (bicyclic) bond motifs is 2. The van der Waals surface area contributed by atoms with Gasteiger partial charge in [-0.15, -0.1) is 11.3 Å². The number of benzene rings is 1. The molecule has 0 N–H and O–H groups in total. The lowest BCUT2D eigenvalue weighted by Gasteiger charge is -2.35. The number of halogens is 1. The summed E-state index contributed by atoms with van der Waals surface area (Å²) in [6.45, 7) is 5.42. The van der Waals surface area contributed by atoms with Crippen LogP contribution in [0.15, 0.2) is 24.4 Å². The van der Waals surface area contributed by atoms with E-state index in [-0.39, 0.29) is 36.4 Å². The Bertz CT molecular complexity index is 1210. The third-order valence-corrected chi connectivity index (χ3v) is 8.61. The number of piperidine rings is 1. The van der Waals surface area contributed by atoms with Gasteiger partial charge in [-0.3, -0.25) is 9.69 Å². The Labute approximate surface area is 215 Å². The molecule has 2 heterocycles. The van der Waals surface area contributed by atoms with Crippen molar-refractivity contribution in [1.82, 2.24) is 9.88 Å². The van der Waals surface area contributed by atoms with Gasteiger partial charge in [0.1, 0.15) is 11.4 Å². The average molecular weight is 510 g/mol. The first-order valence-electron chi connectivity index (χ1n) is 12.8. The van der Waals surface area contributed by atoms with Gasteiger partial charge in [-0.1, -0.05) is 12.1 Å². The highest BCUT2D eigenvalue weighted by molar-refractivity contribution is 7.15. The molecule has 3 fully saturated rings. The molecular formula is C28H32FN3O3S. The van der Waals surface area contributed by atoms with E-state index in [1.807, 2.05) is 26.8 Å². The molecule has 190 valence electrons. The number of carbonyl (C=O) groups excluding carboxylic acids is 2. The number of nitrogens with zero attached hydrogens (tertiary/aromatic N) is 3. The van der Waals surface area contributed by atoms with Gasteiger partial charge in [0.25, 0.3) is 0 Å². The molecule has 1 aromatic heterocycles. The Hall–Kier alpha value is -2.79. The Balaban J connectivity index is 1.26.